The fraction of sp³-hybridized carbons (Fsp3) is 0.500. The van der Waals surface area contributed by atoms with Gasteiger partial charge in [-0.05, 0) is 25.0 Å². The van der Waals surface area contributed by atoms with Gasteiger partial charge >= 0.3 is 0 Å². The van der Waals surface area contributed by atoms with E-state index in [4.69, 9.17) is 10.5 Å². The first-order valence-corrected chi connectivity index (χ1v) is 6.93. The number of hydrogen-bond acceptors (Lipinski definition) is 5. The maximum absolute atomic E-state index is 12.0. The Kier molecular flexibility index (Phi) is 8.42. The summed E-state index contributed by atoms with van der Waals surface area (Å²) in [5, 5.41) is 5.98. The number of rotatable bonds is 5. The van der Waals surface area contributed by atoms with Crippen LogP contribution >= 0.6 is 24.8 Å². The highest BCUT2D eigenvalue weighted by Crippen LogP contribution is 2.19. The second-order valence-electron chi connectivity index (χ2n) is 5.28. The molecule has 0 fully saturated rings. The molecular formula is C14H23Cl2N5O3. The highest BCUT2D eigenvalue weighted by molar-refractivity contribution is 5.85. The standard InChI is InChI=1S/C14H21N5O3.2ClH/c1-7-9(5-16-13(20)10(15)6-22-4)8(2)17-12-11(7)14(21)18-19(12)3;;/h10H,5-6,15H2,1-4H3,(H,16,20)(H,18,21);2*1H. The smallest absolute Gasteiger partial charge is 0.273 e. The number of hydrogen-bond donors (Lipinski definition) is 3. The van der Waals surface area contributed by atoms with Crippen LogP contribution in [0.2, 0.25) is 0 Å². The van der Waals surface area contributed by atoms with Crippen molar-refractivity contribution in [2.45, 2.75) is 26.4 Å². The fourth-order valence-corrected chi connectivity index (χ4v) is 2.47. The number of pyridine rings is 1. The Morgan fingerprint density at radius 3 is 2.62 bits per heavy atom. The first-order chi connectivity index (χ1) is 10.4. The Morgan fingerprint density at radius 1 is 1.42 bits per heavy atom. The molecule has 0 aliphatic rings. The number of carbonyl (C=O) groups excluding carboxylic acids is 1. The molecule has 1 unspecified atom stereocenters. The summed E-state index contributed by atoms with van der Waals surface area (Å²) >= 11 is 0. The minimum atomic E-state index is -0.720. The number of H-pyrrole nitrogens is 1. The minimum Gasteiger partial charge on any atom is -0.383 e. The molecule has 0 aliphatic heterocycles. The van der Waals surface area contributed by atoms with Crippen LogP contribution in [-0.2, 0) is 23.1 Å². The first kappa shape index (κ1) is 22.4. The molecule has 0 saturated heterocycles. The first-order valence-electron chi connectivity index (χ1n) is 6.93. The molecule has 1 amide bonds. The van der Waals surface area contributed by atoms with E-state index in [2.05, 4.69) is 15.4 Å². The molecule has 8 nitrogen and oxygen atoms in total. The summed E-state index contributed by atoms with van der Waals surface area (Å²) in [5.74, 6) is -0.303. The van der Waals surface area contributed by atoms with Crippen LogP contribution in [0.3, 0.4) is 0 Å². The molecule has 4 N–H and O–H groups in total. The molecule has 0 bridgehead atoms. The summed E-state index contributed by atoms with van der Waals surface area (Å²) in [6.45, 7) is 4.12. The van der Waals surface area contributed by atoms with Crippen molar-refractivity contribution in [3.63, 3.8) is 0 Å². The van der Waals surface area contributed by atoms with E-state index in [1.165, 1.54) is 7.11 Å². The third kappa shape index (κ3) is 4.27. The summed E-state index contributed by atoms with van der Waals surface area (Å²) in [4.78, 5) is 28.3. The number of aromatic amines is 1. The van der Waals surface area contributed by atoms with Gasteiger partial charge in [0.2, 0.25) is 5.91 Å². The van der Waals surface area contributed by atoms with Gasteiger partial charge in [0.05, 0.1) is 12.0 Å². The molecule has 136 valence electrons. The van der Waals surface area contributed by atoms with Crippen molar-refractivity contribution in [2.75, 3.05) is 13.7 Å². The number of fused-ring (bicyclic) bond motifs is 1. The molecule has 0 aliphatic carbocycles. The largest absolute Gasteiger partial charge is 0.383 e. The Morgan fingerprint density at radius 2 is 2.04 bits per heavy atom. The van der Waals surface area contributed by atoms with Crippen molar-refractivity contribution in [3.8, 4) is 0 Å². The van der Waals surface area contributed by atoms with Crippen molar-refractivity contribution in [1.82, 2.24) is 20.1 Å². The number of carbonyl (C=O) groups is 1. The Labute approximate surface area is 151 Å². The summed E-state index contributed by atoms with van der Waals surface area (Å²) < 4.78 is 6.45. The average molecular weight is 380 g/mol. The van der Waals surface area contributed by atoms with Crippen molar-refractivity contribution in [1.29, 1.82) is 0 Å². The molecule has 0 aromatic carbocycles. The molecule has 2 rings (SSSR count). The highest BCUT2D eigenvalue weighted by Gasteiger charge is 2.17. The van der Waals surface area contributed by atoms with E-state index >= 15 is 0 Å². The number of ether oxygens (including phenoxy) is 1. The van der Waals surface area contributed by atoms with Crippen LogP contribution in [-0.4, -0.2) is 40.4 Å². The van der Waals surface area contributed by atoms with Gasteiger partial charge in [-0.15, -0.1) is 24.8 Å². The van der Waals surface area contributed by atoms with Crippen molar-refractivity contribution in [2.24, 2.45) is 12.8 Å². The summed E-state index contributed by atoms with van der Waals surface area (Å²) in [7, 11) is 3.22. The normalized spacial score (nSPS) is 11.5. The number of aromatic nitrogens is 3. The van der Waals surface area contributed by atoms with Crippen LogP contribution in [0, 0.1) is 13.8 Å². The van der Waals surface area contributed by atoms with Gasteiger partial charge in [-0.3, -0.25) is 19.4 Å². The summed E-state index contributed by atoms with van der Waals surface area (Å²) in [6.07, 6.45) is 0. The third-order valence-electron chi connectivity index (χ3n) is 3.70. The number of nitrogens with zero attached hydrogens (tertiary/aromatic N) is 2. The number of halogens is 2. The van der Waals surface area contributed by atoms with Crippen LogP contribution in [0.4, 0.5) is 0 Å². The zero-order valence-corrected chi connectivity index (χ0v) is 15.6. The van der Waals surface area contributed by atoms with E-state index in [1.807, 2.05) is 13.8 Å². The minimum absolute atomic E-state index is 0. The van der Waals surface area contributed by atoms with Crippen LogP contribution in [0.1, 0.15) is 16.8 Å². The van der Waals surface area contributed by atoms with Gasteiger partial charge in [-0.2, -0.15) is 0 Å². The van der Waals surface area contributed by atoms with Crippen LogP contribution in [0.15, 0.2) is 4.79 Å². The molecular weight excluding hydrogens is 357 g/mol. The average Bonchev–Trinajstić information content (AvgIpc) is 2.73. The number of amides is 1. The van der Waals surface area contributed by atoms with Gasteiger partial charge in [0.15, 0.2) is 5.65 Å². The zero-order valence-electron chi connectivity index (χ0n) is 14.0. The second kappa shape index (κ2) is 9.03. The number of methoxy groups -OCH3 is 1. The lowest BCUT2D eigenvalue weighted by Gasteiger charge is -2.14. The maximum Gasteiger partial charge on any atom is 0.273 e. The van der Waals surface area contributed by atoms with E-state index < -0.39 is 6.04 Å². The van der Waals surface area contributed by atoms with Crippen LogP contribution in [0.5, 0.6) is 0 Å². The Bertz CT molecular complexity index is 772. The number of nitrogens with one attached hydrogen (secondary N) is 2. The molecule has 1 atom stereocenters. The Balaban J connectivity index is 0.00000264. The van der Waals surface area contributed by atoms with Crippen LogP contribution in [0.25, 0.3) is 11.0 Å². The maximum atomic E-state index is 12.0. The van der Waals surface area contributed by atoms with E-state index in [-0.39, 0.29) is 49.4 Å². The second-order valence-corrected chi connectivity index (χ2v) is 5.28. The molecule has 0 radical (unpaired) electrons. The summed E-state index contributed by atoms with van der Waals surface area (Å²) in [6, 6.07) is -0.720. The van der Waals surface area contributed by atoms with E-state index in [0.29, 0.717) is 11.0 Å². The van der Waals surface area contributed by atoms with Crippen molar-refractivity contribution < 1.29 is 9.53 Å². The molecule has 0 saturated carbocycles. The molecule has 0 spiro atoms. The highest BCUT2D eigenvalue weighted by atomic mass is 35.5. The van der Waals surface area contributed by atoms with Crippen LogP contribution < -0.4 is 16.6 Å². The molecule has 2 aromatic heterocycles. The van der Waals surface area contributed by atoms with Gasteiger partial charge in [0.1, 0.15) is 6.04 Å². The third-order valence-corrected chi connectivity index (χ3v) is 3.70. The molecule has 2 aromatic rings. The van der Waals surface area contributed by atoms with Crippen molar-refractivity contribution >= 4 is 41.8 Å². The number of nitrogens with two attached hydrogens (primary N) is 1. The zero-order chi connectivity index (χ0) is 16.4. The molecule has 2 heterocycles. The van der Waals surface area contributed by atoms with Gasteiger partial charge in [-0.1, -0.05) is 0 Å². The van der Waals surface area contributed by atoms with E-state index in [9.17, 15) is 9.59 Å². The number of aryl methyl sites for hydroxylation is 3. The lowest BCUT2D eigenvalue weighted by Crippen LogP contribution is -2.43. The van der Waals surface area contributed by atoms with Gasteiger partial charge < -0.3 is 15.8 Å². The summed E-state index contributed by atoms with van der Waals surface area (Å²) in [5.41, 5.74) is 8.48. The van der Waals surface area contributed by atoms with E-state index in [1.54, 1.807) is 11.7 Å². The molecule has 24 heavy (non-hydrogen) atoms. The predicted molar refractivity (Wildman–Crippen MR) is 97.0 cm³/mol. The lowest BCUT2D eigenvalue weighted by molar-refractivity contribution is -0.123. The van der Waals surface area contributed by atoms with Gasteiger partial charge in [0, 0.05) is 26.4 Å². The monoisotopic (exact) mass is 379 g/mol. The van der Waals surface area contributed by atoms with Crippen molar-refractivity contribution in [3.05, 3.63) is 27.2 Å². The fourth-order valence-electron chi connectivity index (χ4n) is 2.47. The van der Waals surface area contributed by atoms with E-state index in [0.717, 1.165) is 16.8 Å². The van der Waals surface area contributed by atoms with Gasteiger partial charge in [0.25, 0.3) is 5.56 Å². The lowest BCUT2D eigenvalue weighted by atomic mass is 10.0. The predicted octanol–water partition coefficient (Wildman–Crippen LogP) is 0.312. The Hall–Kier alpha value is -1.61. The SMILES string of the molecule is COCC(N)C(=O)NCc1c(C)nc2c(c1C)c(=O)[nH]n2C.Cl.Cl. The topological polar surface area (TPSA) is 115 Å². The quantitative estimate of drug-likeness (QED) is 0.691. The van der Waals surface area contributed by atoms with Gasteiger partial charge in [-0.25, -0.2) is 4.98 Å². The molecule has 10 heteroatoms.